The van der Waals surface area contributed by atoms with Crippen molar-refractivity contribution < 1.29 is 23.5 Å². The lowest BCUT2D eigenvalue weighted by atomic mass is 9.76. The van der Waals surface area contributed by atoms with E-state index in [1.807, 2.05) is 47.0 Å². The number of carbonyl (C=O) groups is 2. The van der Waals surface area contributed by atoms with Crippen LogP contribution in [0, 0.1) is 17.8 Å². The molecule has 3 unspecified atom stereocenters. The van der Waals surface area contributed by atoms with Crippen LogP contribution in [0.5, 0.6) is 5.75 Å². The first-order valence-corrected chi connectivity index (χ1v) is 19.6. The van der Waals surface area contributed by atoms with E-state index in [1.165, 1.54) is 36.1 Å². The van der Waals surface area contributed by atoms with Gasteiger partial charge >= 0.3 is 17.6 Å². The summed E-state index contributed by atoms with van der Waals surface area (Å²) in [6.07, 6.45) is 10.6. The predicted molar refractivity (Wildman–Crippen MR) is 209 cm³/mol. The molecule has 8 heteroatoms. The van der Waals surface area contributed by atoms with E-state index in [2.05, 4.69) is 50.5 Å². The van der Waals surface area contributed by atoms with Crippen molar-refractivity contribution in [2.24, 2.45) is 22.7 Å². The lowest BCUT2D eigenvalue weighted by Gasteiger charge is -2.37. The minimum Gasteiger partial charge on any atom is -0.458 e. The Hall–Kier alpha value is -4.85. The maximum absolute atomic E-state index is 13.8. The summed E-state index contributed by atoms with van der Waals surface area (Å²) < 4.78 is 20.2. The van der Waals surface area contributed by atoms with Crippen LogP contribution in [0.2, 0.25) is 0 Å². The highest BCUT2D eigenvalue weighted by atomic mass is 16.5. The van der Waals surface area contributed by atoms with E-state index in [9.17, 15) is 9.59 Å². The van der Waals surface area contributed by atoms with Crippen molar-refractivity contribution >= 4 is 36.0 Å². The first-order valence-electron chi connectivity index (χ1n) is 19.6. The zero-order valence-electron chi connectivity index (χ0n) is 31.7. The lowest BCUT2D eigenvalue weighted by molar-refractivity contribution is -0.134. The highest BCUT2D eigenvalue weighted by molar-refractivity contribution is 5.94. The number of aromatic nitrogens is 1. The molecular formula is C45H53N3O5. The Labute approximate surface area is 312 Å². The van der Waals surface area contributed by atoms with E-state index in [1.54, 1.807) is 13.0 Å². The largest absolute Gasteiger partial charge is 0.458 e. The quantitative estimate of drug-likeness (QED) is 0.126. The molecule has 0 spiro atoms. The topological polar surface area (TPSA) is 86.3 Å². The number of para-hydroxylation sites is 1. The summed E-state index contributed by atoms with van der Waals surface area (Å²) in [6, 6.07) is 19.5. The van der Waals surface area contributed by atoms with E-state index >= 15 is 0 Å². The molecule has 0 saturated heterocycles. The highest BCUT2D eigenvalue weighted by Crippen LogP contribution is 2.37. The van der Waals surface area contributed by atoms with Crippen LogP contribution in [0.4, 0.5) is 11.4 Å². The van der Waals surface area contributed by atoms with Gasteiger partial charge < -0.3 is 18.8 Å². The molecule has 53 heavy (non-hydrogen) atoms. The molecule has 0 radical (unpaired) electrons. The fourth-order valence-electron chi connectivity index (χ4n) is 8.25. The third-order valence-electron chi connectivity index (χ3n) is 11.5. The molecular weight excluding hydrogens is 663 g/mol. The predicted octanol–water partition coefficient (Wildman–Crippen LogP) is 7.43. The van der Waals surface area contributed by atoms with Crippen LogP contribution >= 0.6 is 0 Å². The second kappa shape index (κ2) is 16.0. The van der Waals surface area contributed by atoms with E-state index in [0.717, 1.165) is 49.9 Å². The number of benzene rings is 3. The van der Waals surface area contributed by atoms with Gasteiger partial charge in [-0.25, -0.2) is 4.79 Å². The fraction of sp³-hybridized carbons (Fsp3) is 0.444. The number of carbonyl (C=O) groups excluding carboxylic acids is 2. The van der Waals surface area contributed by atoms with Crippen molar-refractivity contribution in [2.75, 3.05) is 18.0 Å². The molecule has 3 aromatic carbocycles. The number of rotatable bonds is 10. The molecule has 0 bridgehead atoms. The Morgan fingerprint density at radius 3 is 2.43 bits per heavy atom. The SMILES string of the molecule is C=c1/c(=C\c2cc3c4c(c2)CCCN4CCC3)o/c(=N\c2ccccc2C(=O)OC2CC(C(C)C)CCC2C)n1CCc1ccc(OC(=O)CC)cc1. The summed E-state index contributed by atoms with van der Waals surface area (Å²) >= 11 is 0. The highest BCUT2D eigenvalue weighted by Gasteiger charge is 2.32. The van der Waals surface area contributed by atoms with Crippen LogP contribution < -0.4 is 26.1 Å². The Morgan fingerprint density at radius 1 is 1.02 bits per heavy atom. The van der Waals surface area contributed by atoms with Gasteiger partial charge in [0.15, 0.2) is 5.42 Å². The van der Waals surface area contributed by atoms with E-state index in [0.29, 0.717) is 70.6 Å². The number of nitrogens with zero attached hydrogens (tertiary/aromatic N) is 3. The van der Waals surface area contributed by atoms with Crippen LogP contribution in [-0.2, 0) is 35.3 Å². The van der Waals surface area contributed by atoms with Gasteiger partial charge in [0, 0.05) is 31.7 Å². The zero-order valence-corrected chi connectivity index (χ0v) is 31.7. The molecule has 3 aliphatic rings. The smallest absolute Gasteiger partial charge is 0.340 e. The number of aryl methyl sites for hydroxylation is 3. The lowest BCUT2D eigenvalue weighted by Crippen LogP contribution is -2.34. The van der Waals surface area contributed by atoms with Crippen molar-refractivity contribution in [1.29, 1.82) is 0 Å². The monoisotopic (exact) mass is 715 g/mol. The molecule has 1 fully saturated rings. The maximum Gasteiger partial charge on any atom is 0.340 e. The molecule has 0 amide bonds. The summed E-state index contributed by atoms with van der Waals surface area (Å²) in [5.74, 6) is 1.32. The van der Waals surface area contributed by atoms with Crippen LogP contribution in [0.1, 0.15) is 98.8 Å². The molecule has 3 heterocycles. The van der Waals surface area contributed by atoms with Gasteiger partial charge in [-0.1, -0.05) is 58.5 Å². The van der Waals surface area contributed by atoms with Crippen LogP contribution in [0.25, 0.3) is 12.7 Å². The Morgan fingerprint density at radius 2 is 1.74 bits per heavy atom. The summed E-state index contributed by atoms with van der Waals surface area (Å²) in [4.78, 5) is 33.1. The minimum atomic E-state index is -0.355. The molecule has 4 aromatic rings. The maximum atomic E-state index is 13.8. The number of oxazole rings is 1. The van der Waals surface area contributed by atoms with Crippen LogP contribution in [0.15, 0.2) is 70.1 Å². The average Bonchev–Trinajstić information content (AvgIpc) is 3.44. The van der Waals surface area contributed by atoms with Crippen LogP contribution in [0.3, 0.4) is 0 Å². The summed E-state index contributed by atoms with van der Waals surface area (Å²) in [5, 5.41) is 0.709. The van der Waals surface area contributed by atoms with Gasteiger partial charge in [0.1, 0.15) is 11.9 Å². The Bertz CT molecular complexity index is 2110. The molecule has 1 aromatic heterocycles. The number of hydrogen-bond acceptors (Lipinski definition) is 7. The molecule has 0 N–H and O–H groups in total. The summed E-state index contributed by atoms with van der Waals surface area (Å²) in [7, 11) is 0. The number of ether oxygens (including phenoxy) is 2. The van der Waals surface area contributed by atoms with E-state index < -0.39 is 0 Å². The van der Waals surface area contributed by atoms with Crippen molar-refractivity contribution in [2.45, 2.75) is 98.1 Å². The van der Waals surface area contributed by atoms with Crippen LogP contribution in [-0.4, -0.2) is 35.7 Å². The molecule has 1 saturated carbocycles. The van der Waals surface area contributed by atoms with Gasteiger partial charge in [0.25, 0.3) is 0 Å². The normalized spacial score (nSPS) is 20.4. The Kier molecular flexibility index (Phi) is 11.0. The number of esters is 2. The van der Waals surface area contributed by atoms with Crippen molar-refractivity contribution in [3.05, 3.63) is 105 Å². The zero-order chi connectivity index (χ0) is 37.1. The van der Waals surface area contributed by atoms with Crippen molar-refractivity contribution in [3.8, 4) is 5.75 Å². The first kappa shape index (κ1) is 36.5. The number of hydrogen-bond donors (Lipinski definition) is 0. The minimum absolute atomic E-state index is 0.122. The third-order valence-corrected chi connectivity index (χ3v) is 11.5. The molecule has 278 valence electrons. The molecule has 3 atom stereocenters. The van der Waals surface area contributed by atoms with Crippen molar-refractivity contribution in [1.82, 2.24) is 4.57 Å². The third kappa shape index (κ3) is 8.22. The Balaban J connectivity index is 1.24. The second-order valence-electron chi connectivity index (χ2n) is 15.5. The molecule has 7 rings (SSSR count). The van der Waals surface area contributed by atoms with Gasteiger partial charge in [0.2, 0.25) is 0 Å². The van der Waals surface area contributed by atoms with E-state index in [-0.39, 0.29) is 18.0 Å². The van der Waals surface area contributed by atoms with Gasteiger partial charge in [0.05, 0.1) is 16.6 Å². The molecule has 2 aliphatic heterocycles. The first-order chi connectivity index (χ1) is 25.7. The average molecular weight is 716 g/mol. The fourth-order valence-corrected chi connectivity index (χ4v) is 8.25. The molecule has 1 aliphatic carbocycles. The van der Waals surface area contributed by atoms with Gasteiger partial charge in [-0.05, 0) is 134 Å². The summed E-state index contributed by atoms with van der Waals surface area (Å²) in [5.41, 5.74) is 8.32. The number of anilines is 1. The van der Waals surface area contributed by atoms with Crippen molar-refractivity contribution in [3.63, 3.8) is 0 Å². The van der Waals surface area contributed by atoms with Gasteiger partial charge in [-0.2, -0.15) is 4.99 Å². The summed E-state index contributed by atoms with van der Waals surface area (Å²) in [6.45, 7) is 15.8. The van der Waals surface area contributed by atoms with E-state index in [4.69, 9.17) is 18.9 Å². The van der Waals surface area contributed by atoms with Gasteiger partial charge in [-0.3, -0.25) is 9.36 Å². The standard InChI is InChI=1S/C45H53N3O5/c1-6-42(49)51-37-19-16-32(17-20-37)21-24-48-31(5)41(27-33-25-35-11-9-22-47-23-10-12-36(26-33)43(35)47)53-45(48)46-39-14-8-7-13-38(39)44(50)52-40-28-34(29(2)3)18-15-30(40)4/h7-8,13-14,16-17,19-20,25-27,29-30,34,40H,5-6,9-12,15,18,21-24,28H2,1-4H3/b41-27+,46-45-. The molecule has 8 nitrogen and oxygen atoms in total. The second-order valence-corrected chi connectivity index (χ2v) is 15.5. The van der Waals surface area contributed by atoms with Gasteiger partial charge in [-0.15, -0.1) is 0 Å².